The van der Waals surface area contributed by atoms with Crippen molar-refractivity contribution in [3.63, 3.8) is 0 Å². The lowest BCUT2D eigenvalue weighted by Crippen LogP contribution is -2.32. The molecular formula is C10H16N2O5S2. The molecule has 0 radical (unpaired) electrons. The van der Waals surface area contributed by atoms with Gasteiger partial charge in [-0.05, 0) is 6.42 Å². The predicted molar refractivity (Wildman–Crippen MR) is 69.6 cm³/mol. The van der Waals surface area contributed by atoms with Crippen LogP contribution in [-0.4, -0.2) is 55.6 Å². The molecule has 0 unspecified atom stereocenters. The number of aliphatic hydroxyl groups is 1. The number of rotatable bonds is 7. The highest BCUT2D eigenvalue weighted by atomic mass is 32.2. The Morgan fingerprint density at radius 2 is 2.26 bits per heavy atom. The third kappa shape index (κ3) is 3.50. The second kappa shape index (κ2) is 6.94. The molecule has 0 spiro atoms. The summed E-state index contributed by atoms with van der Waals surface area (Å²) in [6.07, 6.45) is 0.333. The van der Waals surface area contributed by atoms with Crippen molar-refractivity contribution >= 4 is 27.3 Å². The molecule has 108 valence electrons. The molecule has 0 saturated carbocycles. The van der Waals surface area contributed by atoms with Crippen LogP contribution in [0.2, 0.25) is 0 Å². The van der Waals surface area contributed by atoms with Gasteiger partial charge in [0.25, 0.3) is 10.0 Å². The standard InChI is InChI=1S/C10H16N2O5S2/c1-3-12(5-4-6-13)19(15,16)10-8(9(14)17-2)11-7-18-10/h7,13H,3-6H2,1-2H3. The lowest BCUT2D eigenvalue weighted by atomic mass is 10.4. The van der Waals surface area contributed by atoms with Crippen molar-refractivity contribution in [3.8, 4) is 0 Å². The number of hydrogen-bond donors (Lipinski definition) is 1. The lowest BCUT2D eigenvalue weighted by molar-refractivity contribution is 0.0590. The molecule has 19 heavy (non-hydrogen) atoms. The Labute approximate surface area is 115 Å². The summed E-state index contributed by atoms with van der Waals surface area (Å²) >= 11 is 0.873. The van der Waals surface area contributed by atoms with Gasteiger partial charge in [-0.1, -0.05) is 6.92 Å². The van der Waals surface area contributed by atoms with Crippen LogP contribution in [0.1, 0.15) is 23.8 Å². The number of methoxy groups -OCH3 is 1. The predicted octanol–water partition coefficient (Wildman–Crippen LogP) is 0.323. The summed E-state index contributed by atoms with van der Waals surface area (Å²) in [5, 5.41) is 8.78. The minimum atomic E-state index is -3.79. The monoisotopic (exact) mass is 308 g/mol. The summed E-state index contributed by atoms with van der Waals surface area (Å²) in [4.78, 5) is 15.2. The number of thiazole rings is 1. The fourth-order valence-electron chi connectivity index (χ4n) is 1.46. The molecule has 0 aliphatic heterocycles. The maximum atomic E-state index is 12.4. The van der Waals surface area contributed by atoms with E-state index in [4.69, 9.17) is 5.11 Å². The maximum absolute atomic E-state index is 12.4. The highest BCUT2D eigenvalue weighted by Crippen LogP contribution is 2.24. The summed E-state index contributed by atoms with van der Waals surface area (Å²) in [5.74, 6) is -0.780. The molecule has 0 aliphatic carbocycles. The molecule has 0 aromatic carbocycles. The molecule has 0 amide bonds. The van der Waals surface area contributed by atoms with Gasteiger partial charge in [0.15, 0.2) is 9.90 Å². The molecule has 0 fully saturated rings. The minimum Gasteiger partial charge on any atom is -0.464 e. The van der Waals surface area contributed by atoms with E-state index in [9.17, 15) is 13.2 Å². The van der Waals surface area contributed by atoms with Gasteiger partial charge in [0, 0.05) is 19.7 Å². The fraction of sp³-hybridized carbons (Fsp3) is 0.600. The number of hydrogen-bond acceptors (Lipinski definition) is 7. The summed E-state index contributed by atoms with van der Waals surface area (Å²) in [7, 11) is -2.62. The van der Waals surface area contributed by atoms with Crippen molar-refractivity contribution in [2.45, 2.75) is 17.6 Å². The van der Waals surface area contributed by atoms with E-state index in [2.05, 4.69) is 9.72 Å². The second-order valence-electron chi connectivity index (χ2n) is 3.55. The SMILES string of the molecule is CCN(CCCO)S(=O)(=O)c1scnc1C(=O)OC. The van der Waals surface area contributed by atoms with Crippen molar-refractivity contribution in [3.05, 3.63) is 11.2 Å². The van der Waals surface area contributed by atoms with E-state index in [0.29, 0.717) is 6.42 Å². The van der Waals surface area contributed by atoms with Crippen LogP contribution in [0, 0.1) is 0 Å². The number of aliphatic hydroxyl groups excluding tert-OH is 1. The highest BCUT2D eigenvalue weighted by Gasteiger charge is 2.31. The Balaban J connectivity index is 3.12. The van der Waals surface area contributed by atoms with Crippen LogP contribution < -0.4 is 0 Å². The molecule has 0 atom stereocenters. The number of nitrogens with zero attached hydrogens (tertiary/aromatic N) is 2. The van der Waals surface area contributed by atoms with Crippen LogP contribution in [0.4, 0.5) is 0 Å². The molecule has 0 saturated heterocycles. The van der Waals surface area contributed by atoms with Gasteiger partial charge in [0.1, 0.15) is 0 Å². The molecule has 0 aliphatic rings. The molecule has 1 aromatic rings. The summed E-state index contributed by atoms with van der Waals surface area (Å²) in [6, 6.07) is 0. The first-order chi connectivity index (χ1) is 8.98. The quantitative estimate of drug-likeness (QED) is 0.729. The van der Waals surface area contributed by atoms with Crippen molar-refractivity contribution in [2.24, 2.45) is 0 Å². The highest BCUT2D eigenvalue weighted by molar-refractivity contribution is 7.91. The van der Waals surface area contributed by atoms with Gasteiger partial charge in [-0.25, -0.2) is 18.2 Å². The Kier molecular flexibility index (Phi) is 5.85. The Hall–Kier alpha value is -1.03. The van der Waals surface area contributed by atoms with Gasteiger partial charge in [-0.2, -0.15) is 4.31 Å². The smallest absolute Gasteiger partial charge is 0.358 e. The van der Waals surface area contributed by atoms with Crippen LogP contribution in [0.5, 0.6) is 0 Å². The minimum absolute atomic E-state index is 0.0986. The van der Waals surface area contributed by atoms with Crippen molar-refractivity contribution in [1.82, 2.24) is 9.29 Å². The Morgan fingerprint density at radius 1 is 1.58 bits per heavy atom. The first-order valence-corrected chi connectivity index (χ1v) is 7.93. The van der Waals surface area contributed by atoms with Gasteiger partial charge < -0.3 is 9.84 Å². The molecule has 1 heterocycles. The number of ether oxygens (including phenoxy) is 1. The molecule has 1 N–H and O–H groups in total. The van der Waals surface area contributed by atoms with Crippen LogP contribution >= 0.6 is 11.3 Å². The summed E-state index contributed by atoms with van der Waals surface area (Å²) in [6.45, 7) is 2.03. The maximum Gasteiger partial charge on any atom is 0.358 e. The zero-order valence-corrected chi connectivity index (χ0v) is 12.3. The van der Waals surface area contributed by atoms with Gasteiger partial charge >= 0.3 is 5.97 Å². The van der Waals surface area contributed by atoms with Gasteiger partial charge in [0.05, 0.1) is 12.6 Å². The number of sulfonamides is 1. The molecular weight excluding hydrogens is 292 g/mol. The summed E-state index contributed by atoms with van der Waals surface area (Å²) < 4.78 is 30.3. The van der Waals surface area contributed by atoms with E-state index in [1.807, 2.05) is 0 Å². The molecule has 1 aromatic heterocycles. The Morgan fingerprint density at radius 3 is 2.79 bits per heavy atom. The number of aromatic nitrogens is 1. The zero-order chi connectivity index (χ0) is 14.5. The first kappa shape index (κ1) is 16.0. The van der Waals surface area contributed by atoms with E-state index in [1.54, 1.807) is 6.92 Å². The average Bonchev–Trinajstić information content (AvgIpc) is 2.88. The number of esters is 1. The average molecular weight is 308 g/mol. The number of carbonyl (C=O) groups is 1. The molecule has 1 rings (SSSR count). The molecule has 7 nitrogen and oxygen atoms in total. The van der Waals surface area contributed by atoms with E-state index in [-0.39, 0.29) is 29.6 Å². The van der Waals surface area contributed by atoms with Crippen LogP contribution in [0.3, 0.4) is 0 Å². The Bertz CT molecular complexity index is 526. The van der Waals surface area contributed by atoms with Crippen LogP contribution in [0.25, 0.3) is 0 Å². The zero-order valence-electron chi connectivity index (χ0n) is 10.7. The van der Waals surface area contributed by atoms with E-state index >= 15 is 0 Å². The third-order valence-corrected chi connectivity index (χ3v) is 5.73. The molecule has 9 heteroatoms. The fourth-order valence-corrected chi connectivity index (χ4v) is 4.22. The van der Waals surface area contributed by atoms with Gasteiger partial charge in [0.2, 0.25) is 0 Å². The third-order valence-electron chi connectivity index (χ3n) is 2.41. The van der Waals surface area contributed by atoms with Crippen molar-refractivity contribution in [1.29, 1.82) is 0 Å². The van der Waals surface area contributed by atoms with Crippen molar-refractivity contribution < 1.29 is 23.1 Å². The van der Waals surface area contributed by atoms with E-state index in [0.717, 1.165) is 11.3 Å². The van der Waals surface area contributed by atoms with Gasteiger partial charge in [-0.3, -0.25) is 0 Å². The van der Waals surface area contributed by atoms with Crippen molar-refractivity contribution in [2.75, 3.05) is 26.8 Å². The lowest BCUT2D eigenvalue weighted by Gasteiger charge is -2.19. The van der Waals surface area contributed by atoms with E-state index in [1.165, 1.54) is 16.9 Å². The van der Waals surface area contributed by atoms with Crippen LogP contribution in [0.15, 0.2) is 9.72 Å². The van der Waals surface area contributed by atoms with Gasteiger partial charge in [-0.15, -0.1) is 11.3 Å². The normalized spacial score (nSPS) is 11.8. The topological polar surface area (TPSA) is 96.8 Å². The second-order valence-corrected chi connectivity index (χ2v) is 6.54. The van der Waals surface area contributed by atoms with Crippen LogP contribution in [-0.2, 0) is 14.8 Å². The van der Waals surface area contributed by atoms with E-state index < -0.39 is 16.0 Å². The first-order valence-electron chi connectivity index (χ1n) is 5.61. The largest absolute Gasteiger partial charge is 0.464 e. The molecule has 0 bridgehead atoms. The number of carbonyl (C=O) groups excluding carboxylic acids is 1. The summed E-state index contributed by atoms with van der Waals surface area (Å²) in [5.41, 5.74) is 1.09.